The second kappa shape index (κ2) is 13.9. The Balaban J connectivity index is 2.22. The van der Waals surface area contributed by atoms with Crippen molar-refractivity contribution in [2.45, 2.75) is 58.5 Å². The second-order valence-corrected chi connectivity index (χ2v) is 23.9. The molecule has 0 nitrogen and oxygen atoms in total. The maximum absolute atomic E-state index is 2.53. The molecule has 43 heavy (non-hydrogen) atoms. The predicted molar refractivity (Wildman–Crippen MR) is 202 cm³/mol. The quantitative estimate of drug-likeness (QED) is 0.137. The highest BCUT2D eigenvalue weighted by atomic mass is 31.2. The minimum atomic E-state index is -2.34. The molecule has 0 atom stereocenters. The van der Waals surface area contributed by atoms with Gasteiger partial charge in [-0.2, -0.15) is 0 Å². The van der Waals surface area contributed by atoms with Crippen molar-refractivity contribution in [1.82, 2.24) is 0 Å². The number of rotatable bonds is 10. The van der Waals surface area contributed by atoms with Crippen molar-refractivity contribution in [3.63, 3.8) is 0 Å². The fraction of sp³-hybridized carbons (Fsp3) is 0.225. The SMILES string of the molecule is CC(C)[P+](C(P(c1ccccc1)c1ccccc1)=P(c1ccccc1)(c1ccccc1)c1ccccc1)(C(C)C)C(C)C. The van der Waals surface area contributed by atoms with Gasteiger partial charge in [0.2, 0.25) is 0 Å². The summed E-state index contributed by atoms with van der Waals surface area (Å²) in [5.74, 6) is 0. The maximum Gasteiger partial charge on any atom is 0.110 e. The van der Waals surface area contributed by atoms with Gasteiger partial charge in [0, 0.05) is 14.8 Å². The molecule has 0 heterocycles. The topological polar surface area (TPSA) is 0 Å². The maximum atomic E-state index is 2.53. The van der Waals surface area contributed by atoms with E-state index < -0.39 is 22.1 Å². The van der Waals surface area contributed by atoms with Gasteiger partial charge in [0.1, 0.15) is 4.78 Å². The lowest BCUT2D eigenvalue weighted by Gasteiger charge is -2.47. The molecule has 0 saturated heterocycles. The molecule has 0 bridgehead atoms. The third-order valence-electron chi connectivity index (χ3n) is 8.87. The Morgan fingerprint density at radius 3 is 0.930 bits per heavy atom. The molecule has 5 aromatic carbocycles. The number of hydrogen-bond donors (Lipinski definition) is 0. The van der Waals surface area contributed by atoms with Crippen LogP contribution in [0.15, 0.2) is 152 Å². The zero-order chi connectivity index (χ0) is 30.5. The fourth-order valence-corrected chi connectivity index (χ4v) is 29.7. The molecule has 0 unspecified atom stereocenters. The minimum Gasteiger partial charge on any atom is -0.0622 e. The van der Waals surface area contributed by atoms with E-state index in [2.05, 4.69) is 193 Å². The third kappa shape index (κ3) is 5.76. The van der Waals surface area contributed by atoms with Crippen LogP contribution in [0.1, 0.15) is 41.5 Å². The van der Waals surface area contributed by atoms with E-state index in [4.69, 9.17) is 0 Å². The molecule has 3 heteroatoms. The molecule has 5 aromatic rings. The molecule has 0 aliphatic rings. The van der Waals surface area contributed by atoms with Gasteiger partial charge >= 0.3 is 0 Å². The van der Waals surface area contributed by atoms with Crippen LogP contribution >= 0.6 is 22.1 Å². The van der Waals surface area contributed by atoms with E-state index in [9.17, 15) is 0 Å². The van der Waals surface area contributed by atoms with Crippen LogP contribution in [0.3, 0.4) is 0 Å². The Bertz CT molecular complexity index is 1460. The molecule has 0 aromatic heterocycles. The van der Waals surface area contributed by atoms with Crippen molar-refractivity contribution in [3.8, 4) is 0 Å². The first-order chi connectivity index (χ1) is 20.9. The number of benzene rings is 5. The highest BCUT2D eigenvalue weighted by Crippen LogP contribution is 2.81. The van der Waals surface area contributed by atoms with Crippen molar-refractivity contribution in [2.24, 2.45) is 0 Å². The summed E-state index contributed by atoms with van der Waals surface area (Å²) in [4.78, 5) is 0. The van der Waals surface area contributed by atoms with Crippen LogP contribution in [0.2, 0.25) is 0 Å². The predicted octanol–water partition coefficient (Wildman–Crippen LogP) is 9.44. The van der Waals surface area contributed by atoms with E-state index in [1.54, 1.807) is 0 Å². The van der Waals surface area contributed by atoms with Crippen LogP contribution in [0.4, 0.5) is 0 Å². The van der Waals surface area contributed by atoms with Crippen LogP contribution < -0.4 is 26.5 Å². The van der Waals surface area contributed by atoms with Crippen molar-refractivity contribution in [2.75, 3.05) is 0 Å². The zero-order valence-electron chi connectivity index (χ0n) is 26.5. The molecule has 220 valence electrons. The molecule has 0 saturated carbocycles. The van der Waals surface area contributed by atoms with Gasteiger partial charge in [0.15, 0.2) is 0 Å². The van der Waals surface area contributed by atoms with Crippen molar-refractivity contribution in [3.05, 3.63) is 152 Å². The molecule has 0 aliphatic heterocycles. The van der Waals surface area contributed by atoms with E-state index in [1.807, 2.05) is 4.78 Å². The first-order valence-corrected chi connectivity index (χ1v) is 20.7. The molecule has 0 fully saturated rings. The van der Waals surface area contributed by atoms with Crippen LogP contribution in [0.25, 0.3) is 0 Å². The molecule has 0 aliphatic carbocycles. The second-order valence-electron chi connectivity index (χ2n) is 12.1. The summed E-state index contributed by atoms with van der Waals surface area (Å²) in [6.45, 7) is 12.9. The molecule has 0 radical (unpaired) electrons. The summed E-state index contributed by atoms with van der Waals surface area (Å²) in [6.07, 6.45) is 0. The highest BCUT2D eigenvalue weighted by Gasteiger charge is 2.58. The molecule has 5 rings (SSSR count). The average molecular weight is 620 g/mol. The summed E-state index contributed by atoms with van der Waals surface area (Å²) < 4.78 is 1.84. The molecular formula is C40H46P3+. The van der Waals surface area contributed by atoms with E-state index in [-0.39, 0.29) is 0 Å². The molecule has 0 amide bonds. The van der Waals surface area contributed by atoms with E-state index in [0.29, 0.717) is 17.0 Å². The van der Waals surface area contributed by atoms with Gasteiger partial charge in [-0.1, -0.05) is 152 Å². The first-order valence-electron chi connectivity index (χ1n) is 15.6. The Morgan fingerprint density at radius 1 is 0.419 bits per heavy atom. The smallest absolute Gasteiger partial charge is 0.0622 e. The van der Waals surface area contributed by atoms with Gasteiger partial charge in [-0.15, -0.1) is 0 Å². The van der Waals surface area contributed by atoms with Crippen LogP contribution in [-0.2, 0) is 0 Å². The lowest BCUT2D eigenvalue weighted by Crippen LogP contribution is -2.39. The molecule has 0 spiro atoms. The normalized spacial score (nSPS) is 12.3. The lowest BCUT2D eigenvalue weighted by atomic mass is 10.4. The molecule has 0 N–H and O–H groups in total. The molecular weight excluding hydrogens is 573 g/mol. The summed E-state index contributed by atoms with van der Waals surface area (Å²) in [7, 11) is -2.68. The van der Waals surface area contributed by atoms with Crippen LogP contribution in [-0.4, -0.2) is 21.8 Å². The summed E-state index contributed by atoms with van der Waals surface area (Å²) in [6, 6.07) is 57.7. The Hall–Kier alpha value is -2.74. The Labute approximate surface area is 262 Å². The van der Waals surface area contributed by atoms with E-state index >= 15 is 0 Å². The first kappa shape index (κ1) is 31.7. The summed E-state index contributed by atoms with van der Waals surface area (Å²) in [5, 5.41) is 7.31. The average Bonchev–Trinajstić information content (AvgIpc) is 3.04. The van der Waals surface area contributed by atoms with Crippen LogP contribution in [0, 0.1) is 0 Å². The zero-order valence-corrected chi connectivity index (χ0v) is 29.2. The van der Waals surface area contributed by atoms with Crippen molar-refractivity contribution >= 4 is 53.4 Å². The van der Waals surface area contributed by atoms with E-state index in [1.165, 1.54) is 26.5 Å². The van der Waals surface area contributed by atoms with Gasteiger partial charge in [-0.3, -0.25) is 0 Å². The van der Waals surface area contributed by atoms with Crippen molar-refractivity contribution < 1.29 is 0 Å². The highest BCUT2D eigenvalue weighted by molar-refractivity contribution is 8.29. The monoisotopic (exact) mass is 619 g/mol. The van der Waals surface area contributed by atoms with Crippen LogP contribution in [0.5, 0.6) is 0 Å². The third-order valence-corrected chi connectivity index (χ3v) is 25.6. The Morgan fingerprint density at radius 2 is 0.674 bits per heavy atom. The van der Waals surface area contributed by atoms with Gasteiger partial charge in [-0.25, -0.2) is 0 Å². The summed E-state index contributed by atoms with van der Waals surface area (Å²) >= 11 is 0. The minimum absolute atomic E-state index is 0.537. The van der Waals surface area contributed by atoms with Crippen molar-refractivity contribution in [1.29, 1.82) is 0 Å². The van der Waals surface area contributed by atoms with E-state index in [0.717, 1.165) is 0 Å². The van der Waals surface area contributed by atoms with Gasteiger partial charge < -0.3 is 0 Å². The standard InChI is InChI=1S/C40H46P3/c1-32(2)42(33(3)4,34(5)6)40(41(35-22-12-7-13-23-35)36-24-14-8-15-25-36)43(37-26-16-9-17-27-37,38-28-18-10-19-29-38)39-30-20-11-21-31-39/h7-34H,1-6H3/q+1. The fourth-order valence-electron chi connectivity index (χ4n) is 7.35. The number of hydrogen-bond acceptors (Lipinski definition) is 0. The lowest BCUT2D eigenvalue weighted by molar-refractivity contribution is 0.934. The largest absolute Gasteiger partial charge is 0.110 e. The van der Waals surface area contributed by atoms with Gasteiger partial charge in [-0.05, 0) is 68.1 Å². The Kier molecular flexibility index (Phi) is 10.3. The van der Waals surface area contributed by atoms with Gasteiger partial charge in [0.25, 0.3) is 0 Å². The summed E-state index contributed by atoms with van der Waals surface area (Å²) in [5.41, 5.74) is 1.61. The van der Waals surface area contributed by atoms with Gasteiger partial charge in [0.05, 0.1) is 24.2 Å².